The van der Waals surface area contributed by atoms with Gasteiger partial charge in [0.2, 0.25) is 0 Å². The fourth-order valence-corrected chi connectivity index (χ4v) is 3.74. The average molecular weight is 375 g/mol. The van der Waals surface area contributed by atoms with Crippen LogP contribution in [0.15, 0.2) is 54.6 Å². The SMILES string of the molecule is CCOC(=O)C=Cc1nc2ccccc2n1-c1cccc(N2CCCCC2)c1. The molecule has 1 aromatic heterocycles. The summed E-state index contributed by atoms with van der Waals surface area (Å²) in [6.07, 6.45) is 6.96. The molecule has 4 rings (SSSR count). The Morgan fingerprint density at radius 1 is 1.07 bits per heavy atom. The van der Waals surface area contributed by atoms with Crippen LogP contribution in [0.2, 0.25) is 0 Å². The summed E-state index contributed by atoms with van der Waals surface area (Å²) in [5.74, 6) is 0.355. The van der Waals surface area contributed by atoms with Crippen LogP contribution in [0.5, 0.6) is 0 Å². The minimum absolute atomic E-state index is 0.358. The van der Waals surface area contributed by atoms with Crippen molar-refractivity contribution in [3.05, 3.63) is 60.4 Å². The number of hydrogen-bond acceptors (Lipinski definition) is 4. The van der Waals surface area contributed by atoms with Crippen LogP contribution in [0.4, 0.5) is 5.69 Å². The van der Waals surface area contributed by atoms with Gasteiger partial charge in [0.1, 0.15) is 5.82 Å². The Balaban J connectivity index is 1.77. The van der Waals surface area contributed by atoms with E-state index in [4.69, 9.17) is 9.72 Å². The van der Waals surface area contributed by atoms with Crippen molar-refractivity contribution < 1.29 is 9.53 Å². The summed E-state index contributed by atoms with van der Waals surface area (Å²) < 4.78 is 7.11. The lowest BCUT2D eigenvalue weighted by Crippen LogP contribution is -2.29. The summed E-state index contributed by atoms with van der Waals surface area (Å²) in [4.78, 5) is 19.0. The third kappa shape index (κ3) is 3.79. The van der Waals surface area contributed by atoms with E-state index >= 15 is 0 Å². The van der Waals surface area contributed by atoms with Crippen molar-refractivity contribution in [1.29, 1.82) is 0 Å². The summed E-state index contributed by atoms with van der Waals surface area (Å²) in [6, 6.07) is 16.6. The Morgan fingerprint density at radius 2 is 1.86 bits per heavy atom. The monoisotopic (exact) mass is 375 g/mol. The number of carbonyl (C=O) groups excluding carboxylic acids is 1. The Labute approximate surface area is 165 Å². The van der Waals surface area contributed by atoms with Crippen molar-refractivity contribution in [3.63, 3.8) is 0 Å². The minimum Gasteiger partial charge on any atom is -0.463 e. The first-order valence-electron chi connectivity index (χ1n) is 9.94. The third-order valence-electron chi connectivity index (χ3n) is 5.05. The van der Waals surface area contributed by atoms with E-state index in [9.17, 15) is 4.79 Å². The zero-order valence-corrected chi connectivity index (χ0v) is 16.2. The van der Waals surface area contributed by atoms with Gasteiger partial charge in [-0.15, -0.1) is 0 Å². The number of fused-ring (bicyclic) bond motifs is 1. The van der Waals surface area contributed by atoms with Gasteiger partial charge in [0, 0.05) is 30.5 Å². The Bertz CT molecular complexity index is 1000. The molecular weight excluding hydrogens is 350 g/mol. The van der Waals surface area contributed by atoms with Gasteiger partial charge in [0.15, 0.2) is 0 Å². The fraction of sp³-hybridized carbons (Fsp3) is 0.304. The molecule has 2 heterocycles. The molecule has 0 aliphatic carbocycles. The molecule has 0 spiro atoms. The maximum absolute atomic E-state index is 11.8. The van der Waals surface area contributed by atoms with E-state index in [1.165, 1.54) is 31.0 Å². The Hall–Kier alpha value is -3.08. The molecular formula is C23H25N3O2. The van der Waals surface area contributed by atoms with E-state index in [-0.39, 0.29) is 5.97 Å². The number of aromatic nitrogens is 2. The minimum atomic E-state index is -0.358. The van der Waals surface area contributed by atoms with Gasteiger partial charge in [-0.3, -0.25) is 4.57 Å². The summed E-state index contributed by atoms with van der Waals surface area (Å²) in [5.41, 5.74) is 4.19. The number of nitrogens with zero attached hydrogens (tertiary/aromatic N) is 3. The molecule has 1 fully saturated rings. The molecule has 1 aliphatic rings. The molecule has 144 valence electrons. The first kappa shape index (κ1) is 18.3. The lowest BCUT2D eigenvalue weighted by molar-refractivity contribution is -0.137. The second kappa shape index (κ2) is 8.30. The van der Waals surface area contributed by atoms with Crippen molar-refractivity contribution in [2.75, 3.05) is 24.6 Å². The Kier molecular flexibility index (Phi) is 5.42. The average Bonchev–Trinajstić information content (AvgIpc) is 3.12. The highest BCUT2D eigenvalue weighted by molar-refractivity contribution is 5.88. The number of para-hydroxylation sites is 2. The van der Waals surface area contributed by atoms with Crippen LogP contribution in [-0.2, 0) is 9.53 Å². The number of imidazole rings is 1. The predicted molar refractivity (Wildman–Crippen MR) is 113 cm³/mol. The maximum atomic E-state index is 11.8. The van der Waals surface area contributed by atoms with E-state index in [0.717, 1.165) is 29.8 Å². The van der Waals surface area contributed by atoms with Crippen molar-refractivity contribution in [3.8, 4) is 5.69 Å². The van der Waals surface area contributed by atoms with Gasteiger partial charge in [-0.1, -0.05) is 18.2 Å². The second-order valence-corrected chi connectivity index (χ2v) is 6.95. The maximum Gasteiger partial charge on any atom is 0.330 e. The van der Waals surface area contributed by atoms with Crippen molar-refractivity contribution >= 4 is 28.8 Å². The topological polar surface area (TPSA) is 47.4 Å². The van der Waals surface area contributed by atoms with E-state index in [1.807, 2.05) is 18.2 Å². The second-order valence-electron chi connectivity index (χ2n) is 6.95. The van der Waals surface area contributed by atoms with E-state index in [2.05, 4.69) is 39.8 Å². The van der Waals surface area contributed by atoms with Gasteiger partial charge >= 0.3 is 5.97 Å². The molecule has 0 amide bonds. The number of esters is 1. The highest BCUT2D eigenvalue weighted by atomic mass is 16.5. The van der Waals surface area contributed by atoms with Crippen LogP contribution in [-0.4, -0.2) is 35.2 Å². The number of piperidine rings is 1. The van der Waals surface area contributed by atoms with E-state index in [1.54, 1.807) is 13.0 Å². The number of carbonyl (C=O) groups is 1. The summed E-state index contributed by atoms with van der Waals surface area (Å²) in [7, 11) is 0. The van der Waals surface area contributed by atoms with E-state index < -0.39 is 0 Å². The molecule has 3 aromatic rings. The van der Waals surface area contributed by atoms with Gasteiger partial charge in [0.05, 0.1) is 17.6 Å². The number of rotatable bonds is 5. The largest absolute Gasteiger partial charge is 0.463 e. The quantitative estimate of drug-likeness (QED) is 0.483. The Morgan fingerprint density at radius 3 is 2.68 bits per heavy atom. The van der Waals surface area contributed by atoms with Gasteiger partial charge in [-0.05, 0) is 62.6 Å². The molecule has 0 radical (unpaired) electrons. The number of hydrogen-bond donors (Lipinski definition) is 0. The highest BCUT2D eigenvalue weighted by Gasteiger charge is 2.14. The van der Waals surface area contributed by atoms with Crippen molar-refractivity contribution in [1.82, 2.24) is 9.55 Å². The van der Waals surface area contributed by atoms with Crippen LogP contribution < -0.4 is 4.90 Å². The number of anilines is 1. The highest BCUT2D eigenvalue weighted by Crippen LogP contribution is 2.27. The molecule has 5 nitrogen and oxygen atoms in total. The molecule has 0 unspecified atom stereocenters. The summed E-state index contributed by atoms with van der Waals surface area (Å²) in [6.45, 7) is 4.36. The fourth-order valence-electron chi connectivity index (χ4n) is 3.74. The first-order chi connectivity index (χ1) is 13.8. The van der Waals surface area contributed by atoms with Crippen LogP contribution in [0, 0.1) is 0 Å². The van der Waals surface area contributed by atoms with E-state index in [0.29, 0.717) is 12.4 Å². The van der Waals surface area contributed by atoms with Gasteiger partial charge in [0.25, 0.3) is 0 Å². The molecule has 2 aromatic carbocycles. The normalized spacial score (nSPS) is 14.7. The number of benzene rings is 2. The van der Waals surface area contributed by atoms with Crippen LogP contribution in [0.25, 0.3) is 22.8 Å². The molecule has 0 atom stereocenters. The molecule has 1 saturated heterocycles. The van der Waals surface area contributed by atoms with Crippen LogP contribution in [0.3, 0.4) is 0 Å². The lowest BCUT2D eigenvalue weighted by atomic mass is 10.1. The van der Waals surface area contributed by atoms with Gasteiger partial charge < -0.3 is 9.64 Å². The first-order valence-corrected chi connectivity index (χ1v) is 9.94. The molecule has 28 heavy (non-hydrogen) atoms. The molecule has 0 N–H and O–H groups in total. The zero-order chi connectivity index (χ0) is 19.3. The van der Waals surface area contributed by atoms with Gasteiger partial charge in [-0.25, -0.2) is 9.78 Å². The molecule has 1 aliphatic heterocycles. The third-order valence-corrected chi connectivity index (χ3v) is 5.05. The standard InChI is InChI=1S/C23H25N3O2/c1-2-28-23(27)14-13-22-24-20-11-4-5-12-21(20)26(22)19-10-8-9-18(17-19)25-15-6-3-7-16-25/h4-5,8-14,17H,2-3,6-7,15-16H2,1H3. The predicted octanol–water partition coefficient (Wildman–Crippen LogP) is 4.59. The summed E-state index contributed by atoms with van der Waals surface area (Å²) >= 11 is 0. The van der Waals surface area contributed by atoms with Crippen LogP contribution in [0.1, 0.15) is 32.0 Å². The smallest absolute Gasteiger partial charge is 0.330 e. The van der Waals surface area contributed by atoms with Crippen molar-refractivity contribution in [2.24, 2.45) is 0 Å². The molecule has 5 heteroatoms. The number of ether oxygens (including phenoxy) is 1. The lowest BCUT2D eigenvalue weighted by Gasteiger charge is -2.29. The summed E-state index contributed by atoms with van der Waals surface area (Å²) in [5, 5.41) is 0. The van der Waals surface area contributed by atoms with Gasteiger partial charge in [-0.2, -0.15) is 0 Å². The zero-order valence-electron chi connectivity index (χ0n) is 16.2. The van der Waals surface area contributed by atoms with Crippen molar-refractivity contribution in [2.45, 2.75) is 26.2 Å². The molecule has 0 bridgehead atoms. The molecule has 0 saturated carbocycles. The van der Waals surface area contributed by atoms with Crippen LogP contribution >= 0.6 is 0 Å².